The van der Waals surface area contributed by atoms with Crippen molar-refractivity contribution in [1.29, 1.82) is 0 Å². The summed E-state index contributed by atoms with van der Waals surface area (Å²) in [4.78, 5) is 13.8. The van der Waals surface area contributed by atoms with Crippen LogP contribution >= 0.6 is 0 Å². The first-order valence-electron chi connectivity index (χ1n) is 7.00. The molecule has 5 heteroatoms. The van der Waals surface area contributed by atoms with Gasteiger partial charge in [0.25, 0.3) is 0 Å². The van der Waals surface area contributed by atoms with Crippen LogP contribution in [-0.2, 0) is 9.47 Å². The number of methoxy groups -OCH3 is 1. The van der Waals surface area contributed by atoms with Gasteiger partial charge in [0.15, 0.2) is 0 Å². The Hall–Kier alpha value is -1.75. The molecular formula is C15H22N2O3. The second-order valence-corrected chi connectivity index (χ2v) is 4.91. The Morgan fingerprint density at radius 3 is 2.70 bits per heavy atom. The van der Waals surface area contributed by atoms with Gasteiger partial charge in [-0.05, 0) is 38.0 Å². The summed E-state index contributed by atoms with van der Waals surface area (Å²) >= 11 is 0. The first-order chi connectivity index (χ1) is 9.65. The summed E-state index contributed by atoms with van der Waals surface area (Å²) < 4.78 is 10.4. The van der Waals surface area contributed by atoms with Crippen LogP contribution in [0.2, 0.25) is 0 Å². The number of hydrogen-bond donors (Lipinski definition) is 1. The molecule has 2 N–H and O–H groups in total. The van der Waals surface area contributed by atoms with Crippen LogP contribution in [0.15, 0.2) is 18.2 Å². The van der Waals surface area contributed by atoms with E-state index in [2.05, 4.69) is 4.90 Å². The number of nitrogens with two attached hydrogens (primary N) is 1. The maximum absolute atomic E-state index is 11.6. The number of benzene rings is 1. The predicted octanol–water partition coefficient (Wildman–Crippen LogP) is 2.06. The van der Waals surface area contributed by atoms with Crippen molar-refractivity contribution in [1.82, 2.24) is 0 Å². The zero-order valence-corrected chi connectivity index (χ0v) is 12.1. The van der Waals surface area contributed by atoms with Gasteiger partial charge in [-0.3, -0.25) is 0 Å². The average Bonchev–Trinajstić information content (AvgIpc) is 2.48. The van der Waals surface area contributed by atoms with Gasteiger partial charge >= 0.3 is 5.97 Å². The van der Waals surface area contributed by atoms with Crippen molar-refractivity contribution in [2.75, 3.05) is 37.4 Å². The number of rotatable bonds is 4. The first kappa shape index (κ1) is 14.7. The van der Waals surface area contributed by atoms with Crippen LogP contribution in [-0.4, -0.2) is 38.9 Å². The van der Waals surface area contributed by atoms with Crippen molar-refractivity contribution in [3.05, 3.63) is 23.8 Å². The molecule has 0 aliphatic carbocycles. The van der Waals surface area contributed by atoms with Gasteiger partial charge in [0.1, 0.15) is 0 Å². The highest BCUT2D eigenvalue weighted by Crippen LogP contribution is 2.28. The highest BCUT2D eigenvalue weighted by Gasteiger charge is 2.21. The fourth-order valence-corrected chi connectivity index (χ4v) is 2.56. The number of esters is 1. The Balaban J connectivity index is 2.11. The van der Waals surface area contributed by atoms with Gasteiger partial charge < -0.3 is 20.1 Å². The SMILES string of the molecule is CCOC1CCN(c2cc(C(=O)OC)ccc2N)CC1. The van der Waals surface area contributed by atoms with Gasteiger partial charge in [0, 0.05) is 19.7 Å². The number of carbonyl (C=O) groups is 1. The standard InChI is InChI=1S/C15H22N2O3/c1-3-20-12-6-8-17(9-7-12)14-10-11(15(18)19-2)4-5-13(14)16/h4-5,10,12H,3,6-9,16H2,1-2H3. The summed E-state index contributed by atoms with van der Waals surface area (Å²) in [5.41, 5.74) is 8.15. The number of anilines is 2. The van der Waals surface area contributed by atoms with Gasteiger partial charge in [-0.2, -0.15) is 0 Å². The van der Waals surface area contributed by atoms with Crippen LogP contribution in [0.1, 0.15) is 30.1 Å². The highest BCUT2D eigenvalue weighted by atomic mass is 16.5. The fraction of sp³-hybridized carbons (Fsp3) is 0.533. The molecule has 0 unspecified atom stereocenters. The molecule has 1 fully saturated rings. The largest absolute Gasteiger partial charge is 0.465 e. The molecule has 2 rings (SSSR count). The van der Waals surface area contributed by atoms with Gasteiger partial charge in [0.05, 0.1) is 30.2 Å². The minimum atomic E-state index is -0.338. The molecule has 0 bridgehead atoms. The molecule has 110 valence electrons. The fourth-order valence-electron chi connectivity index (χ4n) is 2.56. The number of nitrogen functional groups attached to an aromatic ring is 1. The maximum atomic E-state index is 11.6. The lowest BCUT2D eigenvalue weighted by molar-refractivity contribution is 0.0459. The molecule has 1 saturated heterocycles. The number of nitrogens with zero attached hydrogens (tertiary/aromatic N) is 1. The quantitative estimate of drug-likeness (QED) is 0.674. The minimum absolute atomic E-state index is 0.335. The summed E-state index contributed by atoms with van der Waals surface area (Å²) in [5.74, 6) is -0.338. The van der Waals surface area contributed by atoms with Crippen molar-refractivity contribution >= 4 is 17.3 Å². The Kier molecular flexibility index (Phi) is 4.84. The summed E-state index contributed by atoms with van der Waals surface area (Å²) in [7, 11) is 1.38. The lowest BCUT2D eigenvalue weighted by atomic mass is 10.1. The van der Waals surface area contributed by atoms with Gasteiger partial charge in [0.2, 0.25) is 0 Å². The number of ether oxygens (including phenoxy) is 2. The monoisotopic (exact) mass is 278 g/mol. The molecule has 1 heterocycles. The molecular weight excluding hydrogens is 256 g/mol. The molecule has 20 heavy (non-hydrogen) atoms. The number of hydrogen-bond acceptors (Lipinski definition) is 5. The van der Waals surface area contributed by atoms with E-state index in [4.69, 9.17) is 15.2 Å². The van der Waals surface area contributed by atoms with Gasteiger partial charge in [-0.15, -0.1) is 0 Å². The number of carbonyl (C=O) groups excluding carboxylic acids is 1. The van der Waals surface area contributed by atoms with E-state index in [1.807, 2.05) is 13.0 Å². The highest BCUT2D eigenvalue weighted by molar-refractivity contribution is 5.92. The van der Waals surface area contributed by atoms with E-state index >= 15 is 0 Å². The van der Waals surface area contributed by atoms with Crippen LogP contribution in [0, 0.1) is 0 Å². The van der Waals surface area contributed by atoms with Crippen LogP contribution < -0.4 is 10.6 Å². The Bertz CT molecular complexity index is 468. The molecule has 0 radical (unpaired) electrons. The third-order valence-corrected chi connectivity index (χ3v) is 3.64. The van der Waals surface area contributed by atoms with E-state index in [0.29, 0.717) is 17.4 Å². The summed E-state index contributed by atoms with van der Waals surface area (Å²) in [6, 6.07) is 5.26. The van der Waals surface area contributed by atoms with Crippen LogP contribution in [0.3, 0.4) is 0 Å². The lowest BCUT2D eigenvalue weighted by Gasteiger charge is -2.34. The zero-order valence-electron chi connectivity index (χ0n) is 12.1. The molecule has 5 nitrogen and oxygen atoms in total. The lowest BCUT2D eigenvalue weighted by Crippen LogP contribution is -2.37. The Morgan fingerprint density at radius 1 is 1.40 bits per heavy atom. The average molecular weight is 278 g/mol. The van der Waals surface area contributed by atoms with Crippen molar-refractivity contribution in [3.63, 3.8) is 0 Å². The van der Waals surface area contributed by atoms with E-state index in [-0.39, 0.29) is 5.97 Å². The molecule has 1 aliphatic heterocycles. The van der Waals surface area contributed by atoms with Crippen molar-refractivity contribution in [2.24, 2.45) is 0 Å². The second-order valence-electron chi connectivity index (χ2n) is 4.91. The third kappa shape index (κ3) is 3.22. The predicted molar refractivity (Wildman–Crippen MR) is 79.1 cm³/mol. The van der Waals surface area contributed by atoms with Gasteiger partial charge in [-0.1, -0.05) is 0 Å². The van der Waals surface area contributed by atoms with Gasteiger partial charge in [-0.25, -0.2) is 4.79 Å². The van der Waals surface area contributed by atoms with Crippen molar-refractivity contribution < 1.29 is 14.3 Å². The Morgan fingerprint density at radius 2 is 2.10 bits per heavy atom. The smallest absolute Gasteiger partial charge is 0.337 e. The van der Waals surface area contributed by atoms with E-state index < -0.39 is 0 Å². The second kappa shape index (κ2) is 6.61. The summed E-state index contributed by atoms with van der Waals surface area (Å²) in [5, 5.41) is 0. The van der Waals surface area contributed by atoms with Crippen LogP contribution in [0.25, 0.3) is 0 Å². The molecule has 0 atom stereocenters. The first-order valence-corrected chi connectivity index (χ1v) is 7.00. The molecule has 1 aromatic rings. The van der Waals surface area contributed by atoms with E-state index in [0.717, 1.165) is 38.2 Å². The maximum Gasteiger partial charge on any atom is 0.337 e. The normalized spacial score (nSPS) is 16.2. The van der Waals surface area contributed by atoms with Crippen molar-refractivity contribution in [2.45, 2.75) is 25.9 Å². The van der Waals surface area contributed by atoms with Crippen molar-refractivity contribution in [3.8, 4) is 0 Å². The van der Waals surface area contributed by atoms with Crippen LogP contribution in [0.4, 0.5) is 11.4 Å². The molecule has 0 amide bonds. The Labute approximate surface area is 119 Å². The van der Waals surface area contributed by atoms with E-state index in [1.165, 1.54) is 7.11 Å². The van der Waals surface area contributed by atoms with Crippen LogP contribution in [0.5, 0.6) is 0 Å². The van der Waals surface area contributed by atoms with E-state index in [9.17, 15) is 4.79 Å². The number of piperidine rings is 1. The summed E-state index contributed by atoms with van der Waals surface area (Å²) in [6.07, 6.45) is 2.30. The topological polar surface area (TPSA) is 64.8 Å². The summed E-state index contributed by atoms with van der Waals surface area (Å²) in [6.45, 7) is 4.55. The minimum Gasteiger partial charge on any atom is -0.465 e. The molecule has 1 aliphatic rings. The third-order valence-electron chi connectivity index (χ3n) is 3.64. The molecule has 0 spiro atoms. The molecule has 0 aromatic heterocycles. The molecule has 1 aromatic carbocycles. The zero-order chi connectivity index (χ0) is 14.5. The van der Waals surface area contributed by atoms with E-state index in [1.54, 1.807) is 12.1 Å². The molecule has 0 saturated carbocycles.